The Bertz CT molecular complexity index is 825. The number of hydrogen-bond donors (Lipinski definition) is 0. The molecule has 0 spiro atoms. The maximum absolute atomic E-state index is 10.4. The molecule has 3 aromatic rings. The summed E-state index contributed by atoms with van der Waals surface area (Å²) in [6.07, 6.45) is 5.66. The Balaban J connectivity index is 1.86. The van der Waals surface area contributed by atoms with Crippen molar-refractivity contribution in [1.82, 2.24) is 9.38 Å². The lowest BCUT2D eigenvalue weighted by Crippen LogP contribution is -1.98. The first-order chi connectivity index (χ1) is 10.7. The highest BCUT2D eigenvalue weighted by molar-refractivity contribution is 5.59. The van der Waals surface area contributed by atoms with Crippen LogP contribution in [0.4, 0.5) is 0 Å². The molecule has 22 heavy (non-hydrogen) atoms. The van der Waals surface area contributed by atoms with E-state index < -0.39 is 4.92 Å². The Morgan fingerprint density at radius 2 is 2.05 bits per heavy atom. The van der Waals surface area contributed by atoms with Gasteiger partial charge < -0.3 is 4.74 Å². The number of imidazole rings is 1. The zero-order valence-corrected chi connectivity index (χ0v) is 11.6. The third-order valence-corrected chi connectivity index (χ3v) is 3.13. The third kappa shape index (κ3) is 2.95. The molecule has 0 radical (unpaired) electrons. The summed E-state index contributed by atoms with van der Waals surface area (Å²) in [6, 6.07) is 13.5. The fourth-order valence-corrected chi connectivity index (χ4v) is 2.11. The van der Waals surface area contributed by atoms with Crippen molar-refractivity contribution in [3.63, 3.8) is 0 Å². The second-order valence-corrected chi connectivity index (χ2v) is 4.62. The number of benzene rings is 1. The van der Waals surface area contributed by atoms with E-state index in [1.165, 1.54) is 6.08 Å². The highest BCUT2D eigenvalue weighted by atomic mass is 16.6. The van der Waals surface area contributed by atoms with Crippen LogP contribution < -0.4 is 4.74 Å². The van der Waals surface area contributed by atoms with Crippen molar-refractivity contribution in [2.75, 3.05) is 0 Å². The molecule has 6 nitrogen and oxygen atoms in total. The molecule has 0 aliphatic heterocycles. The van der Waals surface area contributed by atoms with Gasteiger partial charge in [-0.1, -0.05) is 30.3 Å². The summed E-state index contributed by atoms with van der Waals surface area (Å²) in [7, 11) is 0. The molecule has 0 N–H and O–H groups in total. The molecule has 1 aromatic carbocycles. The average molecular weight is 295 g/mol. The fourth-order valence-electron chi connectivity index (χ4n) is 2.11. The maximum atomic E-state index is 10.4. The number of aromatic nitrogens is 2. The van der Waals surface area contributed by atoms with Crippen molar-refractivity contribution in [2.24, 2.45) is 0 Å². The van der Waals surface area contributed by atoms with E-state index in [0.29, 0.717) is 23.7 Å². The summed E-state index contributed by atoms with van der Waals surface area (Å²) < 4.78 is 7.55. The van der Waals surface area contributed by atoms with Crippen LogP contribution in [0.1, 0.15) is 11.3 Å². The number of pyridine rings is 1. The van der Waals surface area contributed by atoms with Crippen molar-refractivity contribution in [2.45, 2.75) is 6.61 Å². The second kappa shape index (κ2) is 6.09. The fraction of sp³-hybridized carbons (Fsp3) is 0.0625. The molecular formula is C16H13N3O3. The van der Waals surface area contributed by atoms with E-state index in [2.05, 4.69) is 4.98 Å². The molecule has 3 rings (SSSR count). The third-order valence-electron chi connectivity index (χ3n) is 3.13. The number of ether oxygens (including phenoxy) is 1. The summed E-state index contributed by atoms with van der Waals surface area (Å²) in [5.74, 6) is 0.632. The molecule has 0 aliphatic carbocycles. The number of fused-ring (bicyclic) bond motifs is 1. The molecule has 110 valence electrons. The van der Waals surface area contributed by atoms with Gasteiger partial charge in [0, 0.05) is 12.3 Å². The van der Waals surface area contributed by atoms with Gasteiger partial charge in [0.2, 0.25) is 6.20 Å². The van der Waals surface area contributed by atoms with Gasteiger partial charge in [-0.25, -0.2) is 4.98 Å². The summed E-state index contributed by atoms with van der Waals surface area (Å²) in [5, 5.41) is 10.4. The quantitative estimate of drug-likeness (QED) is 0.535. The Morgan fingerprint density at radius 3 is 2.82 bits per heavy atom. The first kappa shape index (κ1) is 13.8. The van der Waals surface area contributed by atoms with Crippen LogP contribution in [0.5, 0.6) is 5.75 Å². The Hall–Kier alpha value is -3.15. The zero-order chi connectivity index (χ0) is 15.4. The molecule has 0 atom stereocenters. The van der Waals surface area contributed by atoms with Gasteiger partial charge in [0.15, 0.2) is 11.4 Å². The van der Waals surface area contributed by atoms with Crippen LogP contribution in [0.2, 0.25) is 0 Å². The minimum absolute atomic E-state index is 0.438. The normalized spacial score (nSPS) is 11.1. The molecule has 0 aliphatic rings. The van der Waals surface area contributed by atoms with E-state index in [4.69, 9.17) is 4.74 Å². The summed E-state index contributed by atoms with van der Waals surface area (Å²) >= 11 is 0. The molecular weight excluding hydrogens is 282 g/mol. The summed E-state index contributed by atoms with van der Waals surface area (Å²) in [4.78, 5) is 14.2. The van der Waals surface area contributed by atoms with Gasteiger partial charge in [-0.15, -0.1) is 0 Å². The van der Waals surface area contributed by atoms with E-state index in [0.717, 1.165) is 11.8 Å². The van der Waals surface area contributed by atoms with Crippen LogP contribution in [-0.4, -0.2) is 14.3 Å². The Kier molecular flexibility index (Phi) is 3.82. The highest BCUT2D eigenvalue weighted by Gasteiger charge is 2.07. The largest absolute Gasteiger partial charge is 0.485 e. The lowest BCUT2D eigenvalue weighted by Gasteiger charge is -2.07. The van der Waals surface area contributed by atoms with Gasteiger partial charge in [0.25, 0.3) is 0 Å². The first-order valence-corrected chi connectivity index (χ1v) is 6.68. The number of nitro groups is 1. The minimum Gasteiger partial charge on any atom is -0.485 e. The molecule has 0 saturated carbocycles. The zero-order valence-electron chi connectivity index (χ0n) is 11.6. The van der Waals surface area contributed by atoms with E-state index >= 15 is 0 Å². The van der Waals surface area contributed by atoms with Crippen molar-refractivity contribution in [3.05, 3.63) is 82.4 Å². The smallest absolute Gasteiger partial charge is 0.236 e. The number of hydrogen-bond acceptors (Lipinski definition) is 4. The van der Waals surface area contributed by atoms with Crippen LogP contribution in [0.25, 0.3) is 11.7 Å². The standard InChI is InChI=1S/C16H13N3O3/c20-19(21)10-8-14-11-17-16-15(7-4-9-18(14)16)22-12-13-5-2-1-3-6-13/h1-11H,12H2. The molecule has 0 unspecified atom stereocenters. The van der Waals surface area contributed by atoms with E-state index in [1.54, 1.807) is 16.8 Å². The van der Waals surface area contributed by atoms with Gasteiger partial charge in [-0.3, -0.25) is 14.5 Å². The second-order valence-electron chi connectivity index (χ2n) is 4.62. The molecule has 0 amide bonds. The summed E-state index contributed by atoms with van der Waals surface area (Å²) in [5.41, 5.74) is 2.31. The van der Waals surface area contributed by atoms with E-state index in [1.807, 2.05) is 42.5 Å². The monoisotopic (exact) mass is 295 g/mol. The Labute approximate surface area is 126 Å². The van der Waals surface area contributed by atoms with Crippen LogP contribution in [0.15, 0.2) is 61.1 Å². The van der Waals surface area contributed by atoms with Gasteiger partial charge in [-0.2, -0.15) is 0 Å². The van der Waals surface area contributed by atoms with Crippen molar-refractivity contribution in [3.8, 4) is 5.75 Å². The lowest BCUT2D eigenvalue weighted by molar-refractivity contribution is -0.401. The summed E-state index contributed by atoms with van der Waals surface area (Å²) in [6.45, 7) is 0.438. The SMILES string of the molecule is O=[N+]([O-])C=Cc1cnc2c(OCc3ccccc3)cccn12. The molecule has 0 saturated heterocycles. The molecule has 2 heterocycles. The van der Waals surface area contributed by atoms with Crippen molar-refractivity contribution >= 4 is 11.7 Å². The van der Waals surface area contributed by atoms with Crippen LogP contribution in [0.3, 0.4) is 0 Å². The van der Waals surface area contributed by atoms with E-state index in [-0.39, 0.29) is 0 Å². The van der Waals surface area contributed by atoms with Gasteiger partial charge >= 0.3 is 0 Å². The van der Waals surface area contributed by atoms with Gasteiger partial charge in [0.05, 0.1) is 16.8 Å². The molecule has 0 fully saturated rings. The number of rotatable bonds is 5. The topological polar surface area (TPSA) is 69.7 Å². The highest BCUT2D eigenvalue weighted by Crippen LogP contribution is 2.21. The molecule has 2 aromatic heterocycles. The first-order valence-electron chi connectivity index (χ1n) is 6.68. The van der Waals surface area contributed by atoms with Crippen molar-refractivity contribution in [1.29, 1.82) is 0 Å². The van der Waals surface area contributed by atoms with Crippen LogP contribution in [-0.2, 0) is 6.61 Å². The average Bonchev–Trinajstić information content (AvgIpc) is 2.95. The van der Waals surface area contributed by atoms with Gasteiger partial charge in [0.1, 0.15) is 6.61 Å². The lowest BCUT2D eigenvalue weighted by atomic mass is 10.2. The van der Waals surface area contributed by atoms with E-state index in [9.17, 15) is 10.1 Å². The van der Waals surface area contributed by atoms with Crippen molar-refractivity contribution < 1.29 is 9.66 Å². The molecule has 0 bridgehead atoms. The minimum atomic E-state index is -0.505. The molecule has 6 heteroatoms. The Morgan fingerprint density at radius 1 is 1.23 bits per heavy atom. The van der Waals surface area contributed by atoms with Gasteiger partial charge in [-0.05, 0) is 17.7 Å². The number of nitrogens with zero attached hydrogens (tertiary/aromatic N) is 3. The predicted molar refractivity (Wildman–Crippen MR) is 82.0 cm³/mol. The predicted octanol–water partition coefficient (Wildman–Crippen LogP) is 3.16. The van der Waals surface area contributed by atoms with Crippen LogP contribution >= 0.6 is 0 Å². The van der Waals surface area contributed by atoms with Crippen LogP contribution in [0, 0.1) is 10.1 Å². The maximum Gasteiger partial charge on any atom is 0.236 e.